The average Bonchev–Trinajstić information content (AvgIpc) is 2.64. The summed E-state index contributed by atoms with van der Waals surface area (Å²) in [6.07, 6.45) is 0. The molecule has 0 spiro atoms. The van der Waals surface area contributed by atoms with Gasteiger partial charge in [0.2, 0.25) is 0 Å². The third-order valence-corrected chi connectivity index (χ3v) is 3.10. The number of hydrogen-bond acceptors (Lipinski definition) is 4. The second-order valence-electron chi connectivity index (χ2n) is 3.27. The molecule has 1 aromatic carbocycles. The molecule has 0 bridgehead atoms. The first-order valence-corrected chi connectivity index (χ1v) is 5.67. The fourth-order valence-corrected chi connectivity index (χ4v) is 2.37. The Morgan fingerprint density at radius 2 is 2.31 bits per heavy atom. The van der Waals surface area contributed by atoms with Crippen molar-refractivity contribution in [3.63, 3.8) is 0 Å². The largest absolute Gasteiger partial charge is 0.493 e. The number of ether oxygens (including phenoxy) is 3. The second-order valence-corrected chi connectivity index (χ2v) is 4.06. The summed E-state index contributed by atoms with van der Waals surface area (Å²) >= 11 is 3.36. The van der Waals surface area contributed by atoms with Crippen molar-refractivity contribution in [1.82, 2.24) is 0 Å². The first kappa shape index (κ1) is 11.3. The van der Waals surface area contributed by atoms with E-state index in [1.807, 2.05) is 6.92 Å². The number of benzene rings is 1. The third kappa shape index (κ3) is 1.65. The van der Waals surface area contributed by atoms with Gasteiger partial charge < -0.3 is 14.2 Å². The van der Waals surface area contributed by atoms with Crippen LogP contribution in [0.15, 0.2) is 10.5 Å². The average molecular weight is 287 g/mol. The molecule has 1 aromatic rings. The van der Waals surface area contributed by atoms with Crippen molar-refractivity contribution in [2.75, 3.05) is 13.7 Å². The monoisotopic (exact) mass is 286 g/mol. The highest BCUT2D eigenvalue weighted by atomic mass is 79.9. The van der Waals surface area contributed by atoms with Gasteiger partial charge in [-0.3, -0.25) is 0 Å². The van der Waals surface area contributed by atoms with Gasteiger partial charge in [-0.2, -0.15) is 0 Å². The van der Waals surface area contributed by atoms with Gasteiger partial charge in [0.05, 0.1) is 23.8 Å². The minimum absolute atomic E-state index is 0.287. The molecule has 0 radical (unpaired) electrons. The Hall–Kier alpha value is -1.23. The van der Waals surface area contributed by atoms with Gasteiger partial charge >= 0.3 is 5.97 Å². The van der Waals surface area contributed by atoms with Crippen LogP contribution in [0.3, 0.4) is 0 Å². The van der Waals surface area contributed by atoms with Crippen LogP contribution in [-0.4, -0.2) is 19.7 Å². The summed E-state index contributed by atoms with van der Waals surface area (Å²) in [4.78, 5) is 11.5. The van der Waals surface area contributed by atoms with E-state index in [0.717, 1.165) is 5.56 Å². The van der Waals surface area contributed by atoms with Gasteiger partial charge in [0.25, 0.3) is 0 Å². The number of carbonyl (C=O) groups is 1. The maximum absolute atomic E-state index is 11.5. The lowest BCUT2D eigenvalue weighted by atomic mass is 10.1. The van der Waals surface area contributed by atoms with Crippen molar-refractivity contribution in [3.8, 4) is 11.5 Å². The summed E-state index contributed by atoms with van der Waals surface area (Å²) in [5.74, 6) is 0.818. The Morgan fingerprint density at radius 3 is 2.94 bits per heavy atom. The van der Waals surface area contributed by atoms with E-state index < -0.39 is 0 Å². The molecular formula is C11H11BrO4. The van der Waals surface area contributed by atoms with E-state index in [0.29, 0.717) is 28.1 Å². The zero-order valence-corrected chi connectivity index (χ0v) is 10.6. The van der Waals surface area contributed by atoms with Crippen molar-refractivity contribution in [3.05, 3.63) is 21.7 Å². The molecule has 0 aliphatic carbocycles. The van der Waals surface area contributed by atoms with Crippen molar-refractivity contribution < 1.29 is 19.0 Å². The number of esters is 1. The van der Waals surface area contributed by atoms with Gasteiger partial charge in [-0.05, 0) is 28.9 Å². The summed E-state index contributed by atoms with van der Waals surface area (Å²) in [6.45, 7) is 2.66. The van der Waals surface area contributed by atoms with Crippen molar-refractivity contribution in [2.24, 2.45) is 0 Å². The van der Waals surface area contributed by atoms with Crippen LogP contribution in [0.5, 0.6) is 11.5 Å². The zero-order valence-electron chi connectivity index (χ0n) is 9.00. The molecule has 1 aliphatic rings. The standard InChI is InChI=1S/C11H11BrO4/c1-3-15-10-7(14-2)4-6-5-16-11(13)8(6)9(10)12/h4H,3,5H2,1-2H3. The van der Waals surface area contributed by atoms with Crippen LogP contribution >= 0.6 is 15.9 Å². The smallest absolute Gasteiger partial charge is 0.340 e. The second kappa shape index (κ2) is 4.33. The molecule has 0 fully saturated rings. The van der Waals surface area contributed by atoms with Gasteiger partial charge in [0.1, 0.15) is 6.61 Å². The molecule has 0 unspecified atom stereocenters. The van der Waals surface area contributed by atoms with E-state index in [9.17, 15) is 4.79 Å². The number of methoxy groups -OCH3 is 1. The number of hydrogen-bond donors (Lipinski definition) is 0. The van der Waals surface area contributed by atoms with Gasteiger partial charge in [-0.1, -0.05) is 0 Å². The van der Waals surface area contributed by atoms with Crippen molar-refractivity contribution in [1.29, 1.82) is 0 Å². The number of fused-ring (bicyclic) bond motifs is 1. The molecular weight excluding hydrogens is 276 g/mol. The fourth-order valence-electron chi connectivity index (χ4n) is 1.64. The third-order valence-electron chi connectivity index (χ3n) is 2.34. The number of carbonyl (C=O) groups excluding carboxylic acids is 1. The van der Waals surface area contributed by atoms with E-state index in [1.54, 1.807) is 13.2 Å². The van der Waals surface area contributed by atoms with Gasteiger partial charge in [0, 0.05) is 5.56 Å². The Kier molecular flexibility index (Phi) is 3.05. The molecule has 0 saturated carbocycles. The van der Waals surface area contributed by atoms with Crippen LogP contribution in [-0.2, 0) is 11.3 Å². The Morgan fingerprint density at radius 1 is 1.56 bits per heavy atom. The van der Waals surface area contributed by atoms with Crippen LogP contribution in [0, 0.1) is 0 Å². The summed E-state index contributed by atoms with van der Waals surface area (Å²) in [5.41, 5.74) is 1.35. The molecule has 0 amide bonds. The Balaban J connectivity index is 2.60. The van der Waals surface area contributed by atoms with Crippen LogP contribution < -0.4 is 9.47 Å². The number of rotatable bonds is 3. The molecule has 4 nitrogen and oxygen atoms in total. The van der Waals surface area contributed by atoms with E-state index >= 15 is 0 Å². The zero-order chi connectivity index (χ0) is 11.7. The molecule has 86 valence electrons. The first-order valence-electron chi connectivity index (χ1n) is 4.88. The Labute approximate surface area is 102 Å². The predicted molar refractivity (Wildman–Crippen MR) is 61.0 cm³/mol. The molecule has 0 atom stereocenters. The van der Waals surface area contributed by atoms with E-state index in [1.165, 1.54) is 0 Å². The van der Waals surface area contributed by atoms with Crippen LogP contribution in [0.1, 0.15) is 22.8 Å². The highest BCUT2D eigenvalue weighted by Gasteiger charge is 2.29. The molecule has 1 aliphatic heterocycles. The van der Waals surface area contributed by atoms with Crippen molar-refractivity contribution in [2.45, 2.75) is 13.5 Å². The molecule has 0 aromatic heterocycles. The number of halogens is 1. The summed E-state index contributed by atoms with van der Waals surface area (Å²) in [7, 11) is 1.56. The SMILES string of the molecule is CCOc1c(OC)cc2c(c1Br)C(=O)OC2. The molecule has 16 heavy (non-hydrogen) atoms. The van der Waals surface area contributed by atoms with Gasteiger partial charge in [-0.25, -0.2) is 4.79 Å². The highest BCUT2D eigenvalue weighted by molar-refractivity contribution is 9.10. The maximum Gasteiger partial charge on any atom is 0.340 e. The molecule has 1 heterocycles. The summed E-state index contributed by atoms with van der Waals surface area (Å²) < 4.78 is 16.2. The lowest BCUT2D eigenvalue weighted by molar-refractivity contribution is 0.0534. The molecule has 2 rings (SSSR count). The van der Waals surface area contributed by atoms with Crippen LogP contribution in [0.25, 0.3) is 0 Å². The lowest BCUT2D eigenvalue weighted by Gasteiger charge is -2.12. The Bertz CT molecular complexity index is 442. The lowest BCUT2D eigenvalue weighted by Crippen LogP contribution is -2.01. The van der Waals surface area contributed by atoms with Gasteiger partial charge in [-0.15, -0.1) is 0 Å². The van der Waals surface area contributed by atoms with Crippen LogP contribution in [0.2, 0.25) is 0 Å². The minimum Gasteiger partial charge on any atom is -0.493 e. The topological polar surface area (TPSA) is 44.8 Å². The summed E-state index contributed by atoms with van der Waals surface area (Å²) in [5, 5.41) is 0. The highest BCUT2D eigenvalue weighted by Crippen LogP contribution is 2.42. The maximum atomic E-state index is 11.5. The fraction of sp³-hybridized carbons (Fsp3) is 0.364. The van der Waals surface area contributed by atoms with E-state index in [-0.39, 0.29) is 12.6 Å². The van der Waals surface area contributed by atoms with E-state index in [4.69, 9.17) is 14.2 Å². The number of cyclic esters (lactones) is 1. The molecule has 0 saturated heterocycles. The van der Waals surface area contributed by atoms with Gasteiger partial charge in [0.15, 0.2) is 11.5 Å². The molecule has 0 N–H and O–H groups in total. The first-order chi connectivity index (χ1) is 7.69. The van der Waals surface area contributed by atoms with Crippen LogP contribution in [0.4, 0.5) is 0 Å². The van der Waals surface area contributed by atoms with E-state index in [2.05, 4.69) is 15.9 Å². The summed E-state index contributed by atoms with van der Waals surface area (Å²) in [6, 6.07) is 1.77. The quantitative estimate of drug-likeness (QED) is 0.801. The normalized spacial score (nSPS) is 13.3. The molecule has 5 heteroatoms. The minimum atomic E-state index is -0.328. The van der Waals surface area contributed by atoms with Crippen molar-refractivity contribution >= 4 is 21.9 Å². The predicted octanol–water partition coefficient (Wildman–Crippen LogP) is 2.53.